The van der Waals surface area contributed by atoms with Crippen LogP contribution in [0.2, 0.25) is 0 Å². The van der Waals surface area contributed by atoms with E-state index in [0.29, 0.717) is 24.2 Å². The molecule has 13 heavy (non-hydrogen) atoms. The second kappa shape index (κ2) is 6.01. The number of carboxylic acid groups (broad SMARTS) is 1. The molecular weight excluding hydrogens is 164 g/mol. The summed E-state index contributed by atoms with van der Waals surface area (Å²) in [6, 6.07) is 0. The van der Waals surface area contributed by atoms with Gasteiger partial charge in [-0.25, -0.2) is 0 Å². The van der Waals surface area contributed by atoms with Crippen LogP contribution in [-0.4, -0.2) is 11.1 Å². The Hall–Kier alpha value is -0.530. The first-order valence-electron chi connectivity index (χ1n) is 5.20. The van der Waals surface area contributed by atoms with Crippen molar-refractivity contribution in [2.24, 2.45) is 17.8 Å². The van der Waals surface area contributed by atoms with Gasteiger partial charge in [0.05, 0.1) is 0 Å². The van der Waals surface area contributed by atoms with E-state index in [1.165, 1.54) is 6.42 Å². The van der Waals surface area contributed by atoms with Crippen LogP contribution in [0.4, 0.5) is 0 Å². The number of rotatable bonds is 6. The third-order valence-corrected chi connectivity index (χ3v) is 3.25. The third-order valence-electron chi connectivity index (χ3n) is 3.25. The Kier molecular flexibility index (Phi) is 5.76. The van der Waals surface area contributed by atoms with E-state index in [2.05, 4.69) is 27.7 Å². The molecule has 0 saturated carbocycles. The van der Waals surface area contributed by atoms with Gasteiger partial charge in [-0.1, -0.05) is 34.1 Å². The van der Waals surface area contributed by atoms with E-state index in [-0.39, 0.29) is 0 Å². The molecule has 0 aliphatic rings. The van der Waals surface area contributed by atoms with Crippen LogP contribution >= 0.6 is 0 Å². The molecule has 2 heteroatoms. The van der Waals surface area contributed by atoms with Gasteiger partial charge in [0.15, 0.2) is 0 Å². The van der Waals surface area contributed by atoms with Crippen LogP contribution in [0.25, 0.3) is 0 Å². The van der Waals surface area contributed by atoms with Crippen molar-refractivity contribution in [2.75, 3.05) is 0 Å². The fourth-order valence-corrected chi connectivity index (χ4v) is 1.55. The normalized spacial score (nSPS) is 17.8. The molecule has 0 rings (SSSR count). The first-order chi connectivity index (χ1) is 5.99. The molecule has 0 spiro atoms. The standard InChI is InChI=1S/C11H22O2/c1-5-8(2)10(4)9(3)6-7-11(12)13/h8-10H,5-7H2,1-4H3,(H,12,13). The lowest BCUT2D eigenvalue weighted by molar-refractivity contribution is -0.137. The topological polar surface area (TPSA) is 37.3 Å². The van der Waals surface area contributed by atoms with Crippen LogP contribution in [0.5, 0.6) is 0 Å². The fourth-order valence-electron chi connectivity index (χ4n) is 1.55. The molecule has 0 fully saturated rings. The van der Waals surface area contributed by atoms with Crippen molar-refractivity contribution in [1.82, 2.24) is 0 Å². The minimum Gasteiger partial charge on any atom is -0.481 e. The Balaban J connectivity index is 3.81. The Bertz CT molecular complexity index is 154. The summed E-state index contributed by atoms with van der Waals surface area (Å²) in [6.07, 6.45) is 2.29. The molecule has 0 bridgehead atoms. The van der Waals surface area contributed by atoms with E-state index < -0.39 is 5.97 Å². The lowest BCUT2D eigenvalue weighted by Crippen LogP contribution is -2.17. The lowest BCUT2D eigenvalue weighted by Gasteiger charge is -2.24. The summed E-state index contributed by atoms with van der Waals surface area (Å²) in [4.78, 5) is 10.4. The lowest BCUT2D eigenvalue weighted by atomic mass is 9.81. The van der Waals surface area contributed by atoms with Gasteiger partial charge >= 0.3 is 5.97 Å². The molecule has 2 nitrogen and oxygen atoms in total. The summed E-state index contributed by atoms with van der Waals surface area (Å²) < 4.78 is 0. The highest BCUT2D eigenvalue weighted by Crippen LogP contribution is 2.26. The number of hydrogen-bond donors (Lipinski definition) is 1. The average Bonchev–Trinajstić information content (AvgIpc) is 2.11. The predicted octanol–water partition coefficient (Wildman–Crippen LogP) is 3.17. The molecule has 1 N–H and O–H groups in total. The minimum absolute atomic E-state index is 0.307. The molecule has 0 saturated heterocycles. The molecule has 0 aromatic carbocycles. The highest BCUT2D eigenvalue weighted by Gasteiger charge is 2.18. The van der Waals surface area contributed by atoms with Gasteiger partial charge in [0.25, 0.3) is 0 Å². The summed E-state index contributed by atoms with van der Waals surface area (Å²) >= 11 is 0. The Morgan fingerprint density at radius 3 is 2.15 bits per heavy atom. The van der Waals surface area contributed by atoms with Gasteiger partial charge in [0, 0.05) is 6.42 Å². The maximum absolute atomic E-state index is 10.4. The molecule has 0 aliphatic heterocycles. The van der Waals surface area contributed by atoms with Crippen molar-refractivity contribution >= 4 is 5.97 Å². The molecule has 3 atom stereocenters. The van der Waals surface area contributed by atoms with Crippen LogP contribution in [0.3, 0.4) is 0 Å². The Morgan fingerprint density at radius 2 is 1.77 bits per heavy atom. The quantitative estimate of drug-likeness (QED) is 0.691. The maximum atomic E-state index is 10.4. The van der Waals surface area contributed by atoms with E-state index in [4.69, 9.17) is 5.11 Å². The van der Waals surface area contributed by atoms with Crippen LogP contribution in [0.15, 0.2) is 0 Å². The first kappa shape index (κ1) is 12.5. The summed E-state index contributed by atoms with van der Waals surface area (Å²) in [6.45, 7) is 8.80. The highest BCUT2D eigenvalue weighted by molar-refractivity contribution is 5.66. The van der Waals surface area contributed by atoms with Crippen molar-refractivity contribution in [3.63, 3.8) is 0 Å². The summed E-state index contributed by atoms with van der Waals surface area (Å²) in [5.74, 6) is 1.17. The van der Waals surface area contributed by atoms with Crippen LogP contribution < -0.4 is 0 Å². The summed E-state index contributed by atoms with van der Waals surface area (Å²) in [5.41, 5.74) is 0. The zero-order chi connectivity index (χ0) is 10.4. The SMILES string of the molecule is CCC(C)C(C)C(C)CCC(=O)O. The predicted molar refractivity (Wildman–Crippen MR) is 54.7 cm³/mol. The molecule has 0 aromatic heterocycles. The molecular formula is C11H22O2. The molecule has 0 aliphatic carbocycles. The van der Waals surface area contributed by atoms with Crippen LogP contribution in [0.1, 0.15) is 47.0 Å². The van der Waals surface area contributed by atoms with Gasteiger partial charge in [-0.05, 0) is 24.2 Å². The molecule has 0 amide bonds. The van der Waals surface area contributed by atoms with Gasteiger partial charge in [0.1, 0.15) is 0 Å². The van der Waals surface area contributed by atoms with Gasteiger partial charge < -0.3 is 5.11 Å². The van der Waals surface area contributed by atoms with E-state index in [1.54, 1.807) is 0 Å². The van der Waals surface area contributed by atoms with Gasteiger partial charge in [0.2, 0.25) is 0 Å². The largest absolute Gasteiger partial charge is 0.481 e. The Labute approximate surface area is 81.3 Å². The minimum atomic E-state index is -0.678. The van der Waals surface area contributed by atoms with Crippen LogP contribution in [-0.2, 0) is 4.79 Å². The third kappa shape index (κ3) is 4.91. The van der Waals surface area contributed by atoms with E-state index in [9.17, 15) is 4.79 Å². The smallest absolute Gasteiger partial charge is 0.303 e. The van der Waals surface area contributed by atoms with E-state index in [1.807, 2.05) is 0 Å². The van der Waals surface area contributed by atoms with Crippen molar-refractivity contribution < 1.29 is 9.90 Å². The number of carboxylic acids is 1. The summed E-state index contributed by atoms with van der Waals surface area (Å²) in [7, 11) is 0. The summed E-state index contributed by atoms with van der Waals surface area (Å²) in [5, 5.41) is 8.54. The molecule has 0 aromatic rings. The van der Waals surface area contributed by atoms with Crippen molar-refractivity contribution in [2.45, 2.75) is 47.0 Å². The van der Waals surface area contributed by atoms with E-state index in [0.717, 1.165) is 6.42 Å². The zero-order valence-electron chi connectivity index (χ0n) is 9.21. The van der Waals surface area contributed by atoms with Crippen molar-refractivity contribution in [3.8, 4) is 0 Å². The molecule has 0 radical (unpaired) electrons. The zero-order valence-corrected chi connectivity index (χ0v) is 9.21. The highest BCUT2D eigenvalue weighted by atomic mass is 16.4. The molecule has 78 valence electrons. The second-order valence-electron chi connectivity index (χ2n) is 4.15. The molecule has 3 unspecified atom stereocenters. The van der Waals surface area contributed by atoms with Crippen molar-refractivity contribution in [1.29, 1.82) is 0 Å². The second-order valence-corrected chi connectivity index (χ2v) is 4.15. The van der Waals surface area contributed by atoms with Gasteiger partial charge in [-0.15, -0.1) is 0 Å². The molecule has 0 heterocycles. The first-order valence-corrected chi connectivity index (χ1v) is 5.20. The van der Waals surface area contributed by atoms with E-state index >= 15 is 0 Å². The monoisotopic (exact) mass is 186 g/mol. The Morgan fingerprint density at radius 1 is 1.23 bits per heavy atom. The van der Waals surface area contributed by atoms with Crippen molar-refractivity contribution in [3.05, 3.63) is 0 Å². The number of carbonyl (C=O) groups is 1. The fraction of sp³-hybridized carbons (Fsp3) is 0.909. The van der Waals surface area contributed by atoms with Crippen LogP contribution in [0, 0.1) is 17.8 Å². The average molecular weight is 186 g/mol. The number of aliphatic carboxylic acids is 1. The maximum Gasteiger partial charge on any atom is 0.303 e. The number of hydrogen-bond acceptors (Lipinski definition) is 1. The van der Waals surface area contributed by atoms with Gasteiger partial charge in [-0.2, -0.15) is 0 Å². The van der Waals surface area contributed by atoms with Gasteiger partial charge in [-0.3, -0.25) is 4.79 Å².